The van der Waals surface area contributed by atoms with Gasteiger partial charge in [0, 0.05) is 24.7 Å². The minimum atomic E-state index is -0.424. The highest BCUT2D eigenvalue weighted by Crippen LogP contribution is 2.25. The largest absolute Gasteiger partial charge is 0.497 e. The van der Waals surface area contributed by atoms with E-state index in [4.69, 9.17) is 14.2 Å². The summed E-state index contributed by atoms with van der Waals surface area (Å²) in [5, 5.41) is 6.31. The lowest BCUT2D eigenvalue weighted by atomic mass is 10.2. The Labute approximate surface area is 147 Å². The quantitative estimate of drug-likeness (QED) is 0.712. The predicted octanol–water partition coefficient (Wildman–Crippen LogP) is 2.93. The number of anilines is 2. The number of carbonyl (C=O) groups excluding carboxylic acids is 1. The number of ether oxygens (including phenoxy) is 3. The van der Waals surface area contributed by atoms with Gasteiger partial charge in [-0.2, -0.15) is 0 Å². The van der Waals surface area contributed by atoms with Crippen molar-refractivity contribution in [2.75, 3.05) is 38.5 Å². The van der Waals surface area contributed by atoms with Crippen LogP contribution < -0.4 is 20.1 Å². The summed E-state index contributed by atoms with van der Waals surface area (Å²) in [6.45, 7) is 3.10. The lowest BCUT2D eigenvalue weighted by molar-refractivity contribution is 0.0601. The number of hydrogen-bond donors (Lipinski definition) is 2. The summed E-state index contributed by atoms with van der Waals surface area (Å²) in [5.74, 6) is 2.16. The molecule has 0 atom stereocenters. The minimum Gasteiger partial charge on any atom is -0.497 e. The first-order valence-electron chi connectivity index (χ1n) is 7.90. The fourth-order valence-corrected chi connectivity index (χ4v) is 2.32. The fourth-order valence-electron chi connectivity index (χ4n) is 2.32. The lowest BCUT2D eigenvalue weighted by Crippen LogP contribution is -2.11. The van der Waals surface area contributed by atoms with Crippen LogP contribution in [-0.4, -0.2) is 38.8 Å². The van der Waals surface area contributed by atoms with Crippen LogP contribution in [-0.2, 0) is 11.3 Å². The van der Waals surface area contributed by atoms with Gasteiger partial charge in [-0.05, 0) is 31.2 Å². The number of nitrogens with zero attached hydrogens (tertiary/aromatic N) is 1. The Morgan fingerprint density at radius 3 is 2.52 bits per heavy atom. The van der Waals surface area contributed by atoms with E-state index in [1.54, 1.807) is 26.4 Å². The van der Waals surface area contributed by atoms with Crippen molar-refractivity contribution in [2.24, 2.45) is 0 Å². The Morgan fingerprint density at radius 2 is 1.88 bits per heavy atom. The standard InChI is InChI=1S/C18H23N3O4/c1-5-19-17-14(18(22)25-4)8-9-16(21-17)20-11-12-6-7-13(23-2)10-15(12)24-3/h6-10H,5,11H2,1-4H3,(H2,19,20,21). The summed E-state index contributed by atoms with van der Waals surface area (Å²) in [7, 11) is 4.58. The van der Waals surface area contributed by atoms with E-state index in [9.17, 15) is 4.79 Å². The average molecular weight is 345 g/mol. The van der Waals surface area contributed by atoms with E-state index in [1.807, 2.05) is 25.1 Å². The van der Waals surface area contributed by atoms with Crippen LogP contribution in [0.15, 0.2) is 30.3 Å². The number of pyridine rings is 1. The van der Waals surface area contributed by atoms with E-state index in [-0.39, 0.29) is 0 Å². The summed E-state index contributed by atoms with van der Waals surface area (Å²) in [4.78, 5) is 16.2. The first kappa shape index (κ1) is 18.4. The summed E-state index contributed by atoms with van der Waals surface area (Å²) >= 11 is 0. The van der Waals surface area contributed by atoms with Gasteiger partial charge in [-0.15, -0.1) is 0 Å². The van der Waals surface area contributed by atoms with Crippen molar-refractivity contribution in [3.05, 3.63) is 41.5 Å². The second-order valence-electron chi connectivity index (χ2n) is 5.15. The highest BCUT2D eigenvalue weighted by Gasteiger charge is 2.14. The predicted molar refractivity (Wildman–Crippen MR) is 96.6 cm³/mol. The smallest absolute Gasteiger partial charge is 0.341 e. The third-order valence-electron chi connectivity index (χ3n) is 3.60. The van der Waals surface area contributed by atoms with Crippen molar-refractivity contribution in [1.82, 2.24) is 4.98 Å². The molecule has 134 valence electrons. The maximum atomic E-state index is 11.8. The first-order valence-corrected chi connectivity index (χ1v) is 7.90. The van der Waals surface area contributed by atoms with Gasteiger partial charge in [0.05, 0.1) is 21.3 Å². The Kier molecular flexibility index (Phi) is 6.45. The normalized spacial score (nSPS) is 10.1. The average Bonchev–Trinajstić information content (AvgIpc) is 2.66. The number of carbonyl (C=O) groups is 1. The molecule has 2 aromatic rings. The van der Waals surface area contributed by atoms with E-state index in [2.05, 4.69) is 15.6 Å². The lowest BCUT2D eigenvalue weighted by Gasteiger charge is -2.13. The van der Waals surface area contributed by atoms with Crippen LogP contribution in [0.25, 0.3) is 0 Å². The first-order chi connectivity index (χ1) is 12.1. The molecule has 7 nitrogen and oxygen atoms in total. The molecule has 1 heterocycles. The van der Waals surface area contributed by atoms with Crippen molar-refractivity contribution in [3.63, 3.8) is 0 Å². The van der Waals surface area contributed by atoms with Crippen molar-refractivity contribution >= 4 is 17.6 Å². The van der Waals surface area contributed by atoms with E-state index in [0.717, 1.165) is 17.1 Å². The van der Waals surface area contributed by atoms with Gasteiger partial charge >= 0.3 is 5.97 Å². The summed E-state index contributed by atoms with van der Waals surface area (Å²) in [6.07, 6.45) is 0. The molecule has 25 heavy (non-hydrogen) atoms. The van der Waals surface area contributed by atoms with Crippen molar-refractivity contribution in [2.45, 2.75) is 13.5 Å². The van der Waals surface area contributed by atoms with Crippen LogP contribution in [0.1, 0.15) is 22.8 Å². The maximum Gasteiger partial charge on any atom is 0.341 e. The number of aromatic nitrogens is 1. The van der Waals surface area contributed by atoms with Crippen LogP contribution in [0.3, 0.4) is 0 Å². The number of rotatable bonds is 8. The number of hydrogen-bond acceptors (Lipinski definition) is 7. The second-order valence-corrected chi connectivity index (χ2v) is 5.15. The summed E-state index contributed by atoms with van der Waals surface area (Å²) in [6, 6.07) is 9.05. The zero-order valence-electron chi connectivity index (χ0n) is 14.9. The number of benzene rings is 1. The molecular weight excluding hydrogens is 322 g/mol. The molecule has 0 spiro atoms. The van der Waals surface area contributed by atoms with Crippen molar-refractivity contribution < 1.29 is 19.0 Å². The fraction of sp³-hybridized carbons (Fsp3) is 0.333. The topological polar surface area (TPSA) is 81.7 Å². The van der Waals surface area contributed by atoms with Gasteiger partial charge in [0.1, 0.15) is 28.7 Å². The van der Waals surface area contributed by atoms with Crippen molar-refractivity contribution in [1.29, 1.82) is 0 Å². The van der Waals surface area contributed by atoms with Gasteiger partial charge < -0.3 is 24.8 Å². The molecule has 0 radical (unpaired) electrons. The van der Waals surface area contributed by atoms with Crippen LogP contribution in [0.2, 0.25) is 0 Å². The molecule has 7 heteroatoms. The maximum absolute atomic E-state index is 11.8. The van der Waals surface area contributed by atoms with Gasteiger partial charge in [-0.3, -0.25) is 0 Å². The van der Waals surface area contributed by atoms with Gasteiger partial charge in [0.25, 0.3) is 0 Å². The van der Waals surface area contributed by atoms with E-state index in [1.165, 1.54) is 7.11 Å². The highest BCUT2D eigenvalue weighted by molar-refractivity contribution is 5.94. The molecular formula is C18H23N3O4. The van der Waals surface area contributed by atoms with Gasteiger partial charge in [-0.25, -0.2) is 9.78 Å². The van der Waals surface area contributed by atoms with Crippen LogP contribution in [0, 0.1) is 0 Å². The third kappa shape index (κ3) is 4.53. The molecule has 0 bridgehead atoms. The van der Waals surface area contributed by atoms with Crippen LogP contribution >= 0.6 is 0 Å². The van der Waals surface area contributed by atoms with Gasteiger partial charge in [-0.1, -0.05) is 0 Å². The third-order valence-corrected chi connectivity index (χ3v) is 3.60. The Bertz CT molecular complexity index is 734. The second kappa shape index (κ2) is 8.77. The zero-order chi connectivity index (χ0) is 18.2. The Morgan fingerprint density at radius 1 is 1.08 bits per heavy atom. The molecule has 0 aliphatic carbocycles. The zero-order valence-corrected chi connectivity index (χ0v) is 14.9. The molecule has 0 fully saturated rings. The van der Waals surface area contributed by atoms with E-state index in [0.29, 0.717) is 30.3 Å². The van der Waals surface area contributed by atoms with Gasteiger partial charge in [0.15, 0.2) is 0 Å². The molecule has 0 amide bonds. The number of esters is 1. The van der Waals surface area contributed by atoms with Gasteiger partial charge in [0.2, 0.25) is 0 Å². The molecule has 1 aromatic heterocycles. The van der Waals surface area contributed by atoms with Crippen LogP contribution in [0.5, 0.6) is 11.5 Å². The monoisotopic (exact) mass is 345 g/mol. The molecule has 2 rings (SSSR count). The molecule has 0 aliphatic rings. The molecule has 0 saturated carbocycles. The van der Waals surface area contributed by atoms with Crippen molar-refractivity contribution in [3.8, 4) is 11.5 Å². The van der Waals surface area contributed by atoms with Crippen LogP contribution in [0.4, 0.5) is 11.6 Å². The Hall–Kier alpha value is -2.96. The Balaban J connectivity index is 2.18. The number of methoxy groups -OCH3 is 3. The summed E-state index contributed by atoms with van der Waals surface area (Å²) < 4.78 is 15.4. The molecule has 0 unspecified atom stereocenters. The molecule has 0 saturated heterocycles. The molecule has 1 aromatic carbocycles. The number of nitrogens with one attached hydrogen (secondary N) is 2. The molecule has 0 aliphatic heterocycles. The minimum absolute atomic E-state index is 0.400. The molecule has 2 N–H and O–H groups in total. The highest BCUT2D eigenvalue weighted by atomic mass is 16.5. The summed E-state index contributed by atoms with van der Waals surface area (Å²) in [5.41, 5.74) is 1.36. The van der Waals surface area contributed by atoms with E-state index < -0.39 is 5.97 Å². The SMILES string of the molecule is CCNc1nc(NCc2ccc(OC)cc2OC)ccc1C(=O)OC. The van der Waals surface area contributed by atoms with E-state index >= 15 is 0 Å².